The molecule has 0 unspecified atom stereocenters. The van der Waals surface area contributed by atoms with Gasteiger partial charge in [0.15, 0.2) is 0 Å². The number of imide groups is 1. The third-order valence-electron chi connectivity index (χ3n) is 5.16. The lowest BCUT2D eigenvalue weighted by Gasteiger charge is -2.19. The summed E-state index contributed by atoms with van der Waals surface area (Å²) in [7, 11) is 0. The number of hydrogen-bond acceptors (Lipinski definition) is 5. The highest BCUT2D eigenvalue weighted by molar-refractivity contribution is 8.18. The molecule has 1 aliphatic heterocycles. The van der Waals surface area contributed by atoms with Gasteiger partial charge in [-0.25, -0.2) is 4.79 Å². The highest BCUT2D eigenvalue weighted by atomic mass is 32.2. The molecule has 1 atom stereocenters. The molecule has 0 saturated carbocycles. The van der Waals surface area contributed by atoms with E-state index in [2.05, 4.69) is 0 Å². The molecule has 1 fully saturated rings. The van der Waals surface area contributed by atoms with Gasteiger partial charge in [0, 0.05) is 28.7 Å². The Kier molecular flexibility index (Phi) is 5.26. The lowest BCUT2D eigenvalue weighted by atomic mass is 10.1. The fourth-order valence-corrected chi connectivity index (χ4v) is 4.37. The van der Waals surface area contributed by atoms with Gasteiger partial charge in [0.25, 0.3) is 11.1 Å². The van der Waals surface area contributed by atoms with Crippen LogP contribution >= 0.6 is 11.8 Å². The van der Waals surface area contributed by atoms with Crippen molar-refractivity contribution in [3.8, 4) is 0 Å². The summed E-state index contributed by atoms with van der Waals surface area (Å²) in [6, 6.07) is 10.6. The number of carboxylic acids is 1. The van der Waals surface area contributed by atoms with Gasteiger partial charge in [-0.2, -0.15) is 0 Å². The van der Waals surface area contributed by atoms with Crippen molar-refractivity contribution in [2.75, 3.05) is 0 Å². The van der Waals surface area contributed by atoms with Crippen molar-refractivity contribution in [3.05, 3.63) is 64.6 Å². The average molecular weight is 424 g/mol. The molecule has 4 rings (SSSR count). The van der Waals surface area contributed by atoms with Gasteiger partial charge in [-0.15, -0.1) is 0 Å². The highest BCUT2D eigenvalue weighted by Gasteiger charge is 2.37. The molecule has 0 aliphatic carbocycles. The second-order valence-corrected chi connectivity index (χ2v) is 8.10. The van der Waals surface area contributed by atoms with Crippen molar-refractivity contribution in [1.29, 1.82) is 0 Å². The molecular weight excluding hydrogens is 404 g/mol. The van der Waals surface area contributed by atoms with Crippen molar-refractivity contribution in [2.45, 2.75) is 32.9 Å². The number of aromatic nitrogens is 1. The van der Waals surface area contributed by atoms with Crippen LogP contribution in [0.2, 0.25) is 0 Å². The topological polar surface area (TPSA) is 92.8 Å². The van der Waals surface area contributed by atoms with E-state index in [4.69, 9.17) is 9.52 Å². The summed E-state index contributed by atoms with van der Waals surface area (Å²) in [5.74, 6) is -0.984. The number of fused-ring (bicyclic) bond motifs is 1. The maximum Gasteiger partial charge on any atom is 0.371 e. The van der Waals surface area contributed by atoms with Crippen LogP contribution in [0.1, 0.15) is 42.1 Å². The third-order valence-corrected chi connectivity index (χ3v) is 6.04. The lowest BCUT2D eigenvalue weighted by molar-refractivity contribution is -0.124. The van der Waals surface area contributed by atoms with E-state index < -0.39 is 5.97 Å². The van der Waals surface area contributed by atoms with Crippen molar-refractivity contribution in [1.82, 2.24) is 9.47 Å². The Morgan fingerprint density at radius 2 is 2.00 bits per heavy atom. The first-order valence-electron chi connectivity index (χ1n) is 9.56. The van der Waals surface area contributed by atoms with Crippen LogP contribution in [0.4, 0.5) is 4.79 Å². The first-order valence-corrected chi connectivity index (χ1v) is 10.4. The minimum atomic E-state index is -1.11. The summed E-state index contributed by atoms with van der Waals surface area (Å²) < 4.78 is 7.31. The van der Waals surface area contributed by atoms with Gasteiger partial charge in [0.1, 0.15) is 5.76 Å². The number of carbonyl (C=O) groups excluding carboxylic acids is 2. The smallest absolute Gasteiger partial charge is 0.371 e. The molecule has 1 saturated heterocycles. The predicted molar refractivity (Wildman–Crippen MR) is 114 cm³/mol. The number of carbonyl (C=O) groups is 3. The van der Waals surface area contributed by atoms with E-state index in [1.54, 1.807) is 12.1 Å². The van der Waals surface area contributed by atoms with Gasteiger partial charge in [-0.3, -0.25) is 14.5 Å². The molecule has 7 nitrogen and oxygen atoms in total. The van der Waals surface area contributed by atoms with E-state index in [1.165, 1.54) is 11.0 Å². The maximum absolute atomic E-state index is 12.8. The number of nitrogens with zero attached hydrogens (tertiary/aromatic N) is 2. The van der Waals surface area contributed by atoms with E-state index in [9.17, 15) is 14.4 Å². The predicted octanol–water partition coefficient (Wildman–Crippen LogP) is 4.82. The maximum atomic E-state index is 12.8. The van der Waals surface area contributed by atoms with E-state index >= 15 is 0 Å². The van der Waals surface area contributed by atoms with Gasteiger partial charge in [-0.05, 0) is 49.4 Å². The second kappa shape index (κ2) is 7.87. The van der Waals surface area contributed by atoms with Gasteiger partial charge >= 0.3 is 5.97 Å². The quantitative estimate of drug-likeness (QED) is 0.571. The number of hydrogen-bond donors (Lipinski definition) is 1. The number of rotatable bonds is 6. The molecule has 1 N–H and O–H groups in total. The first kappa shape index (κ1) is 20.0. The first-order chi connectivity index (χ1) is 14.4. The molecular formula is C22H20N2O5S. The van der Waals surface area contributed by atoms with Gasteiger partial charge in [-0.1, -0.05) is 25.1 Å². The van der Waals surface area contributed by atoms with Crippen LogP contribution in [0.5, 0.6) is 0 Å². The summed E-state index contributed by atoms with van der Waals surface area (Å²) in [5, 5.41) is 9.73. The molecule has 154 valence electrons. The summed E-state index contributed by atoms with van der Waals surface area (Å²) >= 11 is 0.954. The van der Waals surface area contributed by atoms with Crippen LogP contribution in [0, 0.1) is 0 Å². The molecule has 30 heavy (non-hydrogen) atoms. The Morgan fingerprint density at radius 1 is 1.23 bits per heavy atom. The zero-order valence-corrected chi connectivity index (χ0v) is 17.3. The van der Waals surface area contributed by atoms with E-state index in [0.717, 1.165) is 28.2 Å². The van der Waals surface area contributed by atoms with Crippen LogP contribution in [0.15, 0.2) is 51.9 Å². The largest absolute Gasteiger partial charge is 0.475 e. The molecule has 3 heterocycles. The normalized spacial score (nSPS) is 16.7. The number of carboxylic acid groups (broad SMARTS) is 1. The zero-order valence-electron chi connectivity index (χ0n) is 16.5. The molecule has 8 heteroatoms. The van der Waals surface area contributed by atoms with Crippen molar-refractivity contribution >= 4 is 45.9 Å². The summed E-state index contributed by atoms with van der Waals surface area (Å²) in [6.45, 7) is 4.14. The molecule has 3 aromatic rings. The molecule has 0 radical (unpaired) electrons. The van der Waals surface area contributed by atoms with Crippen LogP contribution in [-0.4, -0.2) is 37.7 Å². The van der Waals surface area contributed by atoms with E-state index in [0.29, 0.717) is 23.6 Å². The molecule has 0 spiro atoms. The number of amides is 2. The van der Waals surface area contributed by atoms with Gasteiger partial charge < -0.3 is 14.1 Å². The minimum absolute atomic E-state index is 0.111. The number of benzene rings is 1. The molecule has 2 aromatic heterocycles. The lowest BCUT2D eigenvalue weighted by Crippen LogP contribution is -2.36. The summed E-state index contributed by atoms with van der Waals surface area (Å²) in [5.41, 5.74) is 1.73. The third kappa shape index (κ3) is 3.54. The second-order valence-electron chi connectivity index (χ2n) is 7.11. The summed E-state index contributed by atoms with van der Waals surface area (Å²) in [6.07, 6.45) is 4.33. The standard InChI is InChI=1S/C22H20N2O5S/c1-3-13(2)24-20(25)19(30-22(24)28)10-14-11-23(17-7-5-4-6-16(14)17)12-15-8-9-18(29-15)21(26)27/h4-11,13H,3,12H2,1-2H3,(H,26,27)/b19-10+/t13-/m1/s1. The van der Waals surface area contributed by atoms with Crippen LogP contribution in [0.3, 0.4) is 0 Å². The fraction of sp³-hybridized carbons (Fsp3) is 0.227. The van der Waals surface area contributed by atoms with Crippen LogP contribution < -0.4 is 0 Å². The average Bonchev–Trinajstić information content (AvgIpc) is 3.40. The van der Waals surface area contributed by atoms with E-state index in [1.807, 2.05) is 48.9 Å². The Bertz CT molecular complexity index is 1190. The van der Waals surface area contributed by atoms with Gasteiger partial charge in [0.2, 0.25) is 5.76 Å². The molecule has 1 aliphatic rings. The SMILES string of the molecule is CC[C@@H](C)N1C(=O)S/C(=C/c2cn(Cc3ccc(C(=O)O)o3)c3ccccc23)C1=O. The molecule has 2 amide bonds. The number of aromatic carboxylic acids is 1. The van der Waals surface area contributed by atoms with Crippen LogP contribution in [0.25, 0.3) is 17.0 Å². The highest BCUT2D eigenvalue weighted by Crippen LogP contribution is 2.35. The number of furan rings is 1. The Morgan fingerprint density at radius 3 is 2.70 bits per heavy atom. The fourth-order valence-electron chi connectivity index (χ4n) is 3.45. The van der Waals surface area contributed by atoms with Crippen LogP contribution in [-0.2, 0) is 11.3 Å². The Labute approximate surface area is 176 Å². The Hall–Kier alpha value is -3.26. The van der Waals surface area contributed by atoms with Crippen molar-refractivity contribution in [2.24, 2.45) is 0 Å². The van der Waals surface area contributed by atoms with Gasteiger partial charge in [0.05, 0.1) is 11.4 Å². The Balaban J connectivity index is 1.70. The van der Waals surface area contributed by atoms with E-state index in [-0.39, 0.29) is 22.9 Å². The minimum Gasteiger partial charge on any atom is -0.475 e. The number of thioether (sulfide) groups is 1. The molecule has 0 bridgehead atoms. The number of para-hydroxylation sites is 1. The van der Waals surface area contributed by atoms with Crippen molar-refractivity contribution in [3.63, 3.8) is 0 Å². The van der Waals surface area contributed by atoms with Crippen molar-refractivity contribution < 1.29 is 23.9 Å². The molecule has 1 aromatic carbocycles. The summed E-state index contributed by atoms with van der Waals surface area (Å²) in [4.78, 5) is 37.8. The monoisotopic (exact) mass is 424 g/mol. The zero-order chi connectivity index (χ0) is 21.4.